The summed E-state index contributed by atoms with van der Waals surface area (Å²) in [5.41, 5.74) is 0.577. The Labute approximate surface area is 125 Å². The summed E-state index contributed by atoms with van der Waals surface area (Å²) in [7, 11) is -1.88. The third-order valence-electron chi connectivity index (χ3n) is 2.70. The smallest absolute Gasteiger partial charge is 0.253 e. The molecule has 0 aliphatic heterocycles. The lowest BCUT2D eigenvalue weighted by molar-refractivity contribution is 0.0906. The van der Waals surface area contributed by atoms with Crippen LogP contribution >= 0.6 is 0 Å². The largest absolute Gasteiger partial charge is 0.383 e. The molecule has 118 valence electrons. The van der Waals surface area contributed by atoms with Crippen LogP contribution in [0.1, 0.15) is 30.6 Å². The average molecular weight is 314 g/mol. The first-order valence-corrected chi connectivity index (χ1v) is 8.44. The number of carbonyl (C=O) groups is 1. The van der Waals surface area contributed by atoms with E-state index in [4.69, 9.17) is 4.74 Å². The van der Waals surface area contributed by atoms with Gasteiger partial charge in [0.15, 0.2) is 0 Å². The highest BCUT2D eigenvalue weighted by Gasteiger charge is 2.17. The van der Waals surface area contributed by atoms with Crippen LogP contribution in [0.5, 0.6) is 0 Å². The minimum Gasteiger partial charge on any atom is -0.383 e. The molecule has 0 saturated heterocycles. The summed E-state index contributed by atoms with van der Waals surface area (Å²) in [5.74, 6) is -0.322. The Kier molecular flexibility index (Phi) is 6.64. The zero-order valence-corrected chi connectivity index (χ0v) is 13.4. The number of hydrogen-bond donors (Lipinski definition) is 2. The van der Waals surface area contributed by atoms with Crippen LogP contribution in [-0.4, -0.2) is 39.8 Å². The van der Waals surface area contributed by atoms with Gasteiger partial charge in [-0.1, -0.05) is 19.1 Å². The zero-order chi connectivity index (χ0) is 15.9. The van der Waals surface area contributed by atoms with Gasteiger partial charge in [-0.15, -0.1) is 0 Å². The monoisotopic (exact) mass is 314 g/mol. The molecule has 0 radical (unpaired) electrons. The van der Waals surface area contributed by atoms with E-state index in [9.17, 15) is 13.2 Å². The predicted molar refractivity (Wildman–Crippen MR) is 82.9 cm³/mol. The number of benzene rings is 1. The Morgan fingerprint density at radius 3 is 2.62 bits per heavy atom. The molecule has 21 heavy (non-hydrogen) atoms. The first-order chi connectivity index (χ1) is 9.89. The number of hydrogen-bond acceptors (Lipinski definition) is 4. The molecule has 0 spiro atoms. The molecule has 6 nitrogen and oxygen atoms in total. The highest BCUT2D eigenvalue weighted by Crippen LogP contribution is 2.17. The number of methoxy groups -OCH3 is 1. The molecule has 7 heteroatoms. The van der Waals surface area contributed by atoms with E-state index in [2.05, 4.69) is 10.0 Å². The molecule has 0 saturated carbocycles. The lowest BCUT2D eigenvalue weighted by Crippen LogP contribution is -2.36. The van der Waals surface area contributed by atoms with E-state index < -0.39 is 10.0 Å². The molecule has 0 heterocycles. The predicted octanol–water partition coefficient (Wildman–Crippen LogP) is 1.60. The first kappa shape index (κ1) is 17.5. The van der Waals surface area contributed by atoms with Crippen molar-refractivity contribution in [2.24, 2.45) is 0 Å². The second-order valence-corrected chi connectivity index (χ2v) is 6.64. The van der Waals surface area contributed by atoms with Gasteiger partial charge in [0.05, 0.1) is 23.6 Å². The summed E-state index contributed by atoms with van der Waals surface area (Å²) < 4.78 is 31.1. The standard InChI is InChI=1S/C14H22N2O4S/c1-4-9-21(18,19)16-13-8-6-5-7-12(13)14(17)15-11(2)10-20-3/h5-8,11,16H,4,9-10H2,1-3H3,(H,15,17). The normalized spacial score (nSPS) is 12.7. The number of nitrogens with one attached hydrogen (secondary N) is 2. The molecule has 2 N–H and O–H groups in total. The van der Waals surface area contributed by atoms with Crippen LogP contribution < -0.4 is 10.0 Å². The molecule has 1 atom stereocenters. The minimum absolute atomic E-state index is 0.0169. The van der Waals surface area contributed by atoms with E-state index in [-0.39, 0.29) is 23.4 Å². The Balaban J connectivity index is 2.91. The van der Waals surface area contributed by atoms with Gasteiger partial charge < -0.3 is 10.1 Å². The minimum atomic E-state index is -3.43. The van der Waals surface area contributed by atoms with Crippen molar-refractivity contribution in [1.29, 1.82) is 0 Å². The van der Waals surface area contributed by atoms with E-state index in [0.29, 0.717) is 18.6 Å². The van der Waals surface area contributed by atoms with E-state index in [0.717, 1.165) is 0 Å². The van der Waals surface area contributed by atoms with Gasteiger partial charge in [-0.25, -0.2) is 8.42 Å². The Morgan fingerprint density at radius 1 is 1.33 bits per heavy atom. The highest BCUT2D eigenvalue weighted by molar-refractivity contribution is 7.92. The van der Waals surface area contributed by atoms with Crippen LogP contribution in [0.3, 0.4) is 0 Å². The summed E-state index contributed by atoms with van der Waals surface area (Å²) in [4.78, 5) is 12.2. The van der Waals surface area contributed by atoms with E-state index in [1.165, 1.54) is 0 Å². The fraction of sp³-hybridized carbons (Fsp3) is 0.500. The van der Waals surface area contributed by atoms with Gasteiger partial charge in [0.2, 0.25) is 10.0 Å². The maximum atomic E-state index is 12.2. The van der Waals surface area contributed by atoms with Crippen molar-refractivity contribution in [1.82, 2.24) is 5.32 Å². The van der Waals surface area contributed by atoms with Crippen LogP contribution in [-0.2, 0) is 14.8 Å². The third kappa shape index (κ3) is 5.73. The van der Waals surface area contributed by atoms with Gasteiger partial charge >= 0.3 is 0 Å². The first-order valence-electron chi connectivity index (χ1n) is 6.79. The number of para-hydroxylation sites is 1. The molecule has 1 unspecified atom stereocenters. The lowest BCUT2D eigenvalue weighted by atomic mass is 10.1. The number of ether oxygens (including phenoxy) is 1. The fourth-order valence-electron chi connectivity index (χ4n) is 1.85. The van der Waals surface area contributed by atoms with E-state index in [1.807, 2.05) is 6.92 Å². The number of rotatable bonds is 8. The topological polar surface area (TPSA) is 84.5 Å². The summed E-state index contributed by atoms with van der Waals surface area (Å²) in [6.07, 6.45) is 0.509. The van der Waals surface area contributed by atoms with Gasteiger partial charge in [0.25, 0.3) is 5.91 Å². The quantitative estimate of drug-likeness (QED) is 0.763. The number of amides is 1. The SMILES string of the molecule is CCCS(=O)(=O)Nc1ccccc1C(=O)NC(C)COC. The molecule has 0 fully saturated rings. The van der Waals surface area contributed by atoms with Crippen molar-refractivity contribution in [3.63, 3.8) is 0 Å². The second kappa shape index (κ2) is 7.99. The Morgan fingerprint density at radius 2 is 2.00 bits per heavy atom. The lowest BCUT2D eigenvalue weighted by Gasteiger charge is -2.15. The van der Waals surface area contributed by atoms with Crippen molar-refractivity contribution in [2.75, 3.05) is 24.2 Å². The van der Waals surface area contributed by atoms with Crippen LogP contribution in [0.15, 0.2) is 24.3 Å². The third-order valence-corrected chi connectivity index (χ3v) is 4.18. The number of sulfonamides is 1. The van der Waals surface area contributed by atoms with Crippen molar-refractivity contribution < 1.29 is 17.9 Å². The van der Waals surface area contributed by atoms with Crippen molar-refractivity contribution >= 4 is 21.6 Å². The maximum Gasteiger partial charge on any atom is 0.253 e. The molecule has 0 aromatic heterocycles. The highest BCUT2D eigenvalue weighted by atomic mass is 32.2. The number of carbonyl (C=O) groups excluding carboxylic acids is 1. The van der Waals surface area contributed by atoms with Crippen molar-refractivity contribution in [3.05, 3.63) is 29.8 Å². The Hall–Kier alpha value is -1.60. The average Bonchev–Trinajstić information content (AvgIpc) is 2.38. The van der Waals surface area contributed by atoms with Gasteiger partial charge in [-0.05, 0) is 25.5 Å². The molecule has 0 aliphatic rings. The Bertz CT molecular complexity index is 572. The molecule has 1 rings (SSSR count). The molecular weight excluding hydrogens is 292 g/mol. The van der Waals surface area contributed by atoms with Crippen LogP contribution in [0.25, 0.3) is 0 Å². The van der Waals surface area contributed by atoms with Crippen LogP contribution in [0.2, 0.25) is 0 Å². The van der Waals surface area contributed by atoms with Crippen LogP contribution in [0, 0.1) is 0 Å². The zero-order valence-electron chi connectivity index (χ0n) is 12.5. The van der Waals surface area contributed by atoms with Gasteiger partial charge in [-0.2, -0.15) is 0 Å². The summed E-state index contributed by atoms with van der Waals surface area (Å²) in [5, 5.41) is 2.76. The second-order valence-electron chi connectivity index (χ2n) is 4.80. The molecule has 1 aromatic carbocycles. The number of anilines is 1. The molecular formula is C14H22N2O4S. The maximum absolute atomic E-state index is 12.2. The molecule has 0 aliphatic carbocycles. The molecule has 0 bridgehead atoms. The van der Waals surface area contributed by atoms with Crippen molar-refractivity contribution in [3.8, 4) is 0 Å². The fourth-order valence-corrected chi connectivity index (χ4v) is 3.00. The van der Waals surface area contributed by atoms with E-state index >= 15 is 0 Å². The summed E-state index contributed by atoms with van der Waals surface area (Å²) >= 11 is 0. The summed E-state index contributed by atoms with van der Waals surface area (Å²) in [6.45, 7) is 3.98. The van der Waals surface area contributed by atoms with Gasteiger partial charge in [-0.3, -0.25) is 9.52 Å². The van der Waals surface area contributed by atoms with Crippen molar-refractivity contribution in [2.45, 2.75) is 26.3 Å². The van der Waals surface area contributed by atoms with Crippen LogP contribution in [0.4, 0.5) is 5.69 Å². The van der Waals surface area contributed by atoms with Gasteiger partial charge in [0, 0.05) is 13.2 Å². The molecule has 1 amide bonds. The van der Waals surface area contributed by atoms with Gasteiger partial charge in [0.1, 0.15) is 0 Å². The van der Waals surface area contributed by atoms with E-state index in [1.54, 1.807) is 38.3 Å². The summed E-state index contributed by atoms with van der Waals surface area (Å²) in [6, 6.07) is 6.36. The molecule has 1 aromatic rings.